The van der Waals surface area contributed by atoms with Gasteiger partial charge in [-0.2, -0.15) is 13.2 Å². The number of Topliss-reactive ketones (excluding diaryl/α,β-unsaturated/α-hetero) is 1. The third-order valence-corrected chi connectivity index (χ3v) is 5.85. The van der Waals surface area contributed by atoms with Crippen LogP contribution in [0.5, 0.6) is 0 Å². The molecule has 2 heterocycles. The molecule has 0 spiro atoms. The predicted octanol–water partition coefficient (Wildman–Crippen LogP) is 4.71. The number of nitrogens with one attached hydrogen (secondary N) is 1. The minimum Gasteiger partial charge on any atom is -0.766 e. The molecule has 1 N–H and O–H groups in total. The Labute approximate surface area is 223 Å². The third-order valence-electron chi connectivity index (χ3n) is 5.32. The van der Waals surface area contributed by atoms with Crippen molar-refractivity contribution in [2.45, 2.75) is 24.1 Å². The minimum atomic E-state index is -4.37. The largest absolute Gasteiger partial charge is 0.766 e. The number of hydrogen-bond acceptors (Lipinski definition) is 8. The molecule has 0 fully saturated rings. The number of benzene rings is 2. The highest BCUT2D eigenvalue weighted by Gasteiger charge is 2.30. The molecule has 4 rings (SSSR count). The van der Waals surface area contributed by atoms with Gasteiger partial charge in [0.05, 0.1) is 24.4 Å². The smallest absolute Gasteiger partial charge is 0.416 e. The zero-order chi connectivity index (χ0) is 28.4. The number of ketones is 1. The third kappa shape index (κ3) is 9.32. The summed E-state index contributed by atoms with van der Waals surface area (Å²) in [6, 6.07) is 11.6. The highest BCUT2D eigenvalue weighted by molar-refractivity contribution is 7.79. The van der Waals surface area contributed by atoms with Gasteiger partial charge in [0, 0.05) is 53.9 Å². The van der Waals surface area contributed by atoms with Gasteiger partial charge in [0.15, 0.2) is 5.09 Å². The van der Waals surface area contributed by atoms with Crippen LogP contribution in [0.4, 0.5) is 17.6 Å². The standard InChI is InChI=1S/C18H20F3N3O2.C8H5FO3S/c1-26-9-8-22-11-16(25)7-6-15-10-17(24-12-23-15)13-2-4-14(5-3-13)18(19,20)21;9-6-1-2-7-5(3-6)4-8(12-7)13(10)11/h2-5,10,12,22H,6-9,11H2,1H3;1-4H,(H,10,11)/p-1. The topological polar surface area (TPSA) is 117 Å². The normalized spacial score (nSPS) is 12.2. The van der Waals surface area contributed by atoms with Crippen molar-refractivity contribution in [1.29, 1.82) is 0 Å². The first-order valence-corrected chi connectivity index (χ1v) is 12.6. The van der Waals surface area contributed by atoms with Gasteiger partial charge in [-0.1, -0.05) is 12.1 Å². The summed E-state index contributed by atoms with van der Waals surface area (Å²) in [6.07, 6.45) is -2.25. The van der Waals surface area contributed by atoms with Crippen LogP contribution in [0.15, 0.2) is 70.4 Å². The first kappa shape index (κ1) is 30.0. The molecular weight excluding hydrogens is 542 g/mol. The number of aromatic nitrogens is 2. The summed E-state index contributed by atoms with van der Waals surface area (Å²) in [5.74, 6) is -0.368. The highest BCUT2D eigenvalue weighted by Crippen LogP contribution is 2.30. The number of halogens is 4. The molecule has 0 saturated carbocycles. The molecule has 2 aromatic carbocycles. The van der Waals surface area contributed by atoms with Gasteiger partial charge < -0.3 is 19.0 Å². The number of furan rings is 1. The predicted molar refractivity (Wildman–Crippen MR) is 134 cm³/mol. The molecule has 0 radical (unpaired) electrons. The van der Waals surface area contributed by atoms with E-state index in [0.29, 0.717) is 53.9 Å². The van der Waals surface area contributed by atoms with Gasteiger partial charge in [0.1, 0.15) is 23.5 Å². The Bertz CT molecular complexity index is 1410. The number of hydrogen-bond donors (Lipinski definition) is 1. The summed E-state index contributed by atoms with van der Waals surface area (Å²) in [5, 5.41) is 3.24. The summed E-state index contributed by atoms with van der Waals surface area (Å²) in [7, 11) is 1.59. The fourth-order valence-electron chi connectivity index (χ4n) is 3.35. The Morgan fingerprint density at radius 1 is 1.10 bits per heavy atom. The van der Waals surface area contributed by atoms with Crippen LogP contribution in [0.1, 0.15) is 17.7 Å². The van der Waals surface area contributed by atoms with Crippen molar-refractivity contribution in [3.8, 4) is 11.3 Å². The highest BCUT2D eigenvalue weighted by atomic mass is 32.2. The second kappa shape index (κ2) is 14.0. The molecule has 4 aromatic rings. The molecule has 8 nitrogen and oxygen atoms in total. The van der Waals surface area contributed by atoms with E-state index in [2.05, 4.69) is 15.3 Å². The maximum Gasteiger partial charge on any atom is 0.416 e. The van der Waals surface area contributed by atoms with Crippen molar-refractivity contribution in [2.75, 3.05) is 26.8 Å². The molecule has 208 valence electrons. The van der Waals surface area contributed by atoms with Crippen molar-refractivity contribution in [3.63, 3.8) is 0 Å². The maximum absolute atomic E-state index is 12.7. The number of carbonyl (C=O) groups excluding carboxylic acids is 1. The van der Waals surface area contributed by atoms with Gasteiger partial charge in [-0.05, 0) is 42.8 Å². The SMILES string of the molecule is COCCNCC(=O)CCc1cc(-c2ccc(C(F)(F)F)cc2)ncn1.O=S([O-])c1cc2cc(F)ccc2o1. The van der Waals surface area contributed by atoms with Crippen LogP contribution in [0.2, 0.25) is 0 Å². The zero-order valence-corrected chi connectivity index (χ0v) is 21.5. The monoisotopic (exact) mass is 566 g/mol. The van der Waals surface area contributed by atoms with Gasteiger partial charge in [-0.25, -0.2) is 14.4 Å². The van der Waals surface area contributed by atoms with E-state index in [1.807, 2.05) is 0 Å². The minimum absolute atomic E-state index is 0.0517. The number of carbonyl (C=O) groups is 1. The number of methoxy groups -OCH3 is 1. The van der Waals surface area contributed by atoms with Gasteiger partial charge >= 0.3 is 6.18 Å². The van der Waals surface area contributed by atoms with Crippen LogP contribution >= 0.6 is 0 Å². The van der Waals surface area contributed by atoms with Gasteiger partial charge in [0.2, 0.25) is 0 Å². The lowest BCUT2D eigenvalue weighted by Gasteiger charge is -2.08. The van der Waals surface area contributed by atoms with Gasteiger partial charge in [0.25, 0.3) is 0 Å². The van der Waals surface area contributed by atoms with E-state index in [1.54, 1.807) is 13.2 Å². The number of fused-ring (bicyclic) bond motifs is 1. The van der Waals surface area contributed by atoms with E-state index < -0.39 is 28.6 Å². The molecule has 13 heteroatoms. The first-order chi connectivity index (χ1) is 18.6. The van der Waals surface area contributed by atoms with Crippen LogP contribution in [-0.4, -0.2) is 51.3 Å². The molecular formula is C26H24F4N3O5S-. The van der Waals surface area contributed by atoms with Crippen molar-refractivity contribution in [1.82, 2.24) is 15.3 Å². The van der Waals surface area contributed by atoms with Crippen molar-refractivity contribution in [3.05, 3.63) is 78.0 Å². The summed E-state index contributed by atoms with van der Waals surface area (Å²) in [6.45, 7) is 1.41. The van der Waals surface area contributed by atoms with E-state index in [0.717, 1.165) is 12.1 Å². The molecule has 39 heavy (non-hydrogen) atoms. The number of ether oxygens (including phenoxy) is 1. The van der Waals surface area contributed by atoms with Crippen LogP contribution < -0.4 is 5.32 Å². The second-order valence-corrected chi connectivity index (χ2v) is 9.03. The molecule has 0 bridgehead atoms. The lowest BCUT2D eigenvalue weighted by Crippen LogP contribution is -2.26. The molecule has 0 saturated heterocycles. The summed E-state index contributed by atoms with van der Waals surface area (Å²) in [5.41, 5.74) is 1.41. The Kier molecular flexibility index (Phi) is 10.8. The quantitative estimate of drug-likeness (QED) is 0.167. The van der Waals surface area contributed by atoms with Crippen molar-refractivity contribution in [2.24, 2.45) is 0 Å². The average molecular weight is 567 g/mol. The van der Waals surface area contributed by atoms with E-state index in [9.17, 15) is 31.1 Å². The molecule has 0 aliphatic rings. The second-order valence-electron chi connectivity index (χ2n) is 8.16. The van der Waals surface area contributed by atoms with E-state index in [4.69, 9.17) is 9.15 Å². The maximum atomic E-state index is 12.7. The number of rotatable bonds is 10. The van der Waals surface area contributed by atoms with Crippen molar-refractivity contribution >= 4 is 27.8 Å². The van der Waals surface area contributed by atoms with Crippen LogP contribution in [0.3, 0.4) is 0 Å². The Hall–Kier alpha value is -3.52. The van der Waals surface area contributed by atoms with E-state index in [-0.39, 0.29) is 17.4 Å². The zero-order valence-electron chi connectivity index (χ0n) is 20.7. The molecule has 1 unspecified atom stereocenters. The van der Waals surface area contributed by atoms with E-state index in [1.165, 1.54) is 42.7 Å². The molecule has 0 aliphatic heterocycles. The Morgan fingerprint density at radius 2 is 1.85 bits per heavy atom. The number of nitrogens with zero attached hydrogens (tertiary/aromatic N) is 2. The number of aryl methyl sites for hydroxylation is 1. The van der Waals surface area contributed by atoms with Crippen LogP contribution in [0, 0.1) is 5.82 Å². The first-order valence-electron chi connectivity index (χ1n) is 11.5. The Morgan fingerprint density at radius 3 is 2.51 bits per heavy atom. The van der Waals surface area contributed by atoms with E-state index >= 15 is 0 Å². The lowest BCUT2D eigenvalue weighted by atomic mass is 10.1. The number of alkyl halides is 3. The molecule has 1 atom stereocenters. The van der Waals surface area contributed by atoms with Gasteiger partial charge in [-0.3, -0.25) is 9.00 Å². The summed E-state index contributed by atoms with van der Waals surface area (Å²) < 4.78 is 81.2. The summed E-state index contributed by atoms with van der Waals surface area (Å²) >= 11 is -2.41. The van der Waals surface area contributed by atoms with Crippen LogP contribution in [-0.2, 0) is 33.2 Å². The fraction of sp³-hybridized carbons (Fsp3) is 0.269. The fourth-order valence-corrected chi connectivity index (χ4v) is 3.73. The van der Waals surface area contributed by atoms with Crippen molar-refractivity contribution < 1.29 is 40.3 Å². The Balaban J connectivity index is 0.000000268. The lowest BCUT2D eigenvalue weighted by molar-refractivity contribution is -0.137. The van der Waals surface area contributed by atoms with Gasteiger partial charge in [-0.15, -0.1) is 0 Å². The molecule has 0 amide bonds. The molecule has 2 aromatic heterocycles. The molecule has 0 aliphatic carbocycles. The average Bonchev–Trinajstić information content (AvgIpc) is 3.34. The summed E-state index contributed by atoms with van der Waals surface area (Å²) in [4.78, 5) is 20.0. The van der Waals surface area contributed by atoms with Crippen LogP contribution in [0.25, 0.3) is 22.2 Å².